The molecular weight excluding hydrogens is 500 g/mol. The van der Waals surface area contributed by atoms with Gasteiger partial charge in [0.2, 0.25) is 0 Å². The number of esters is 1. The van der Waals surface area contributed by atoms with Crippen LogP contribution >= 0.6 is 0 Å². The fourth-order valence-electron chi connectivity index (χ4n) is 3.55. The van der Waals surface area contributed by atoms with Crippen molar-refractivity contribution in [2.75, 3.05) is 5.32 Å². The Morgan fingerprint density at radius 3 is 2.31 bits per heavy atom. The first-order valence-electron chi connectivity index (χ1n) is 11.7. The number of ether oxygens (including phenoxy) is 1. The number of nitro benzene ring substituents is 1. The van der Waals surface area contributed by atoms with Crippen molar-refractivity contribution >= 4 is 35.4 Å². The molecule has 0 atom stereocenters. The van der Waals surface area contributed by atoms with Crippen LogP contribution in [-0.4, -0.2) is 28.9 Å². The van der Waals surface area contributed by atoms with E-state index in [1.165, 1.54) is 36.5 Å². The number of nitro groups is 1. The molecule has 0 radical (unpaired) electrons. The van der Waals surface area contributed by atoms with Crippen LogP contribution in [0, 0.1) is 17.0 Å². The number of nitrogens with one attached hydrogen (secondary N) is 2. The molecule has 194 valence electrons. The first-order chi connectivity index (χ1) is 18.8. The summed E-state index contributed by atoms with van der Waals surface area (Å²) in [6.07, 6.45) is 1.34. The second-order valence-corrected chi connectivity index (χ2v) is 8.30. The Bertz CT molecular complexity index is 1580. The number of carbonyl (C=O) groups is 3. The van der Waals surface area contributed by atoms with Gasteiger partial charge in [0, 0.05) is 23.3 Å². The monoisotopic (exact) mass is 522 g/mol. The normalized spacial score (nSPS) is 10.6. The Kier molecular flexibility index (Phi) is 8.17. The van der Waals surface area contributed by atoms with Crippen LogP contribution in [-0.2, 0) is 0 Å². The predicted octanol–water partition coefficient (Wildman–Crippen LogP) is 5.14. The summed E-state index contributed by atoms with van der Waals surface area (Å²) in [5, 5.41) is 17.5. The number of nitrogens with zero attached hydrogens (tertiary/aromatic N) is 2. The molecule has 2 N–H and O–H groups in total. The van der Waals surface area contributed by atoms with Gasteiger partial charge in [-0.3, -0.25) is 19.7 Å². The van der Waals surface area contributed by atoms with Gasteiger partial charge >= 0.3 is 5.97 Å². The minimum absolute atomic E-state index is 0.143. The van der Waals surface area contributed by atoms with Crippen molar-refractivity contribution in [3.05, 3.63) is 135 Å². The molecule has 0 saturated carbocycles. The molecule has 0 aliphatic heterocycles. The average Bonchev–Trinajstić information content (AvgIpc) is 2.94. The maximum Gasteiger partial charge on any atom is 0.343 e. The summed E-state index contributed by atoms with van der Waals surface area (Å²) >= 11 is 0. The van der Waals surface area contributed by atoms with E-state index in [9.17, 15) is 24.5 Å². The predicted molar refractivity (Wildman–Crippen MR) is 145 cm³/mol. The average molecular weight is 523 g/mol. The van der Waals surface area contributed by atoms with Crippen molar-refractivity contribution in [3.8, 4) is 5.75 Å². The Labute approximate surface area is 223 Å². The van der Waals surface area contributed by atoms with Crippen LogP contribution in [0.4, 0.5) is 11.4 Å². The van der Waals surface area contributed by atoms with Crippen molar-refractivity contribution in [1.82, 2.24) is 5.43 Å². The SMILES string of the molecule is Cc1cccc(C(=O)Oc2ccccc2/C=N\NC(=O)c2ccccc2NC(=O)c2ccc([N+](=O)[O-])cc2)c1. The van der Waals surface area contributed by atoms with Crippen LogP contribution < -0.4 is 15.5 Å². The van der Waals surface area contributed by atoms with Gasteiger partial charge in [-0.05, 0) is 55.5 Å². The number of para-hydroxylation sites is 2. The van der Waals surface area contributed by atoms with E-state index in [1.807, 2.05) is 13.0 Å². The second kappa shape index (κ2) is 12.1. The molecule has 0 aliphatic carbocycles. The number of amides is 2. The minimum Gasteiger partial charge on any atom is -0.422 e. The van der Waals surface area contributed by atoms with Crippen molar-refractivity contribution in [1.29, 1.82) is 0 Å². The number of anilines is 1. The van der Waals surface area contributed by atoms with E-state index >= 15 is 0 Å². The third kappa shape index (κ3) is 6.77. The summed E-state index contributed by atoms with van der Waals surface area (Å²) in [6, 6.07) is 25.1. The quantitative estimate of drug-likeness (QED) is 0.108. The van der Waals surface area contributed by atoms with Crippen LogP contribution in [0.1, 0.15) is 42.2 Å². The number of carbonyl (C=O) groups excluding carboxylic acids is 3. The number of rotatable bonds is 8. The van der Waals surface area contributed by atoms with E-state index in [0.29, 0.717) is 11.1 Å². The smallest absolute Gasteiger partial charge is 0.343 e. The molecule has 4 aromatic carbocycles. The third-order valence-electron chi connectivity index (χ3n) is 5.51. The van der Waals surface area contributed by atoms with Crippen LogP contribution in [0.3, 0.4) is 0 Å². The van der Waals surface area contributed by atoms with Crippen LogP contribution in [0.25, 0.3) is 0 Å². The van der Waals surface area contributed by atoms with E-state index in [0.717, 1.165) is 5.56 Å². The Hall–Kier alpha value is -5.64. The molecule has 2 amide bonds. The van der Waals surface area contributed by atoms with Gasteiger partial charge in [0.15, 0.2) is 0 Å². The first-order valence-corrected chi connectivity index (χ1v) is 11.7. The molecule has 0 heterocycles. The lowest BCUT2D eigenvalue weighted by molar-refractivity contribution is -0.384. The van der Waals surface area contributed by atoms with Gasteiger partial charge in [-0.25, -0.2) is 10.2 Å². The van der Waals surface area contributed by atoms with E-state index in [-0.39, 0.29) is 28.3 Å². The van der Waals surface area contributed by atoms with Gasteiger partial charge < -0.3 is 10.1 Å². The number of non-ortho nitro benzene ring substituents is 1. The lowest BCUT2D eigenvalue weighted by Gasteiger charge is -2.10. The van der Waals surface area contributed by atoms with Crippen molar-refractivity contribution < 1.29 is 24.0 Å². The largest absolute Gasteiger partial charge is 0.422 e. The topological polar surface area (TPSA) is 140 Å². The summed E-state index contributed by atoms with van der Waals surface area (Å²) in [7, 11) is 0. The number of hydrogen-bond acceptors (Lipinski definition) is 7. The summed E-state index contributed by atoms with van der Waals surface area (Å²) < 4.78 is 5.53. The highest BCUT2D eigenvalue weighted by Gasteiger charge is 2.15. The summed E-state index contributed by atoms with van der Waals surface area (Å²) in [5.41, 5.74) is 4.60. The van der Waals surface area contributed by atoms with Gasteiger partial charge in [-0.2, -0.15) is 5.10 Å². The maximum atomic E-state index is 12.8. The van der Waals surface area contributed by atoms with Crippen molar-refractivity contribution in [2.24, 2.45) is 5.10 Å². The highest BCUT2D eigenvalue weighted by molar-refractivity contribution is 6.09. The first kappa shape index (κ1) is 26.4. The van der Waals surface area contributed by atoms with Crippen LogP contribution in [0.2, 0.25) is 0 Å². The highest BCUT2D eigenvalue weighted by atomic mass is 16.6. The van der Waals surface area contributed by atoms with Gasteiger partial charge in [0.05, 0.1) is 28.0 Å². The van der Waals surface area contributed by atoms with E-state index in [2.05, 4.69) is 15.8 Å². The van der Waals surface area contributed by atoms with E-state index in [4.69, 9.17) is 4.74 Å². The third-order valence-corrected chi connectivity index (χ3v) is 5.51. The zero-order chi connectivity index (χ0) is 27.8. The molecule has 0 unspecified atom stereocenters. The van der Waals surface area contributed by atoms with Gasteiger partial charge in [-0.1, -0.05) is 42.0 Å². The highest BCUT2D eigenvalue weighted by Crippen LogP contribution is 2.20. The number of hydrogen-bond donors (Lipinski definition) is 2. The number of benzene rings is 4. The Balaban J connectivity index is 1.44. The summed E-state index contributed by atoms with van der Waals surface area (Å²) in [4.78, 5) is 48.3. The van der Waals surface area contributed by atoms with Gasteiger partial charge in [0.1, 0.15) is 5.75 Å². The van der Waals surface area contributed by atoms with Crippen molar-refractivity contribution in [2.45, 2.75) is 6.92 Å². The second-order valence-electron chi connectivity index (χ2n) is 8.30. The number of hydrazone groups is 1. The molecule has 0 aliphatic rings. The number of aryl methyl sites for hydroxylation is 1. The van der Waals surface area contributed by atoms with Crippen LogP contribution in [0.15, 0.2) is 102 Å². The summed E-state index contributed by atoms with van der Waals surface area (Å²) in [6.45, 7) is 1.87. The standard InChI is InChI=1S/C29H22N4O6/c1-19-7-6-9-21(17-19)29(36)39-26-12-5-2-8-22(26)18-30-32-28(35)24-10-3-4-11-25(24)31-27(34)20-13-15-23(16-14-20)33(37)38/h2-18H,1H3,(H,31,34)(H,32,35)/b30-18-. The molecule has 0 fully saturated rings. The fraction of sp³-hybridized carbons (Fsp3) is 0.0345. The minimum atomic E-state index is -0.597. The van der Waals surface area contributed by atoms with Gasteiger partial charge in [0.25, 0.3) is 17.5 Å². The fourth-order valence-corrected chi connectivity index (χ4v) is 3.55. The molecule has 0 spiro atoms. The molecule has 39 heavy (non-hydrogen) atoms. The molecule has 4 rings (SSSR count). The zero-order valence-corrected chi connectivity index (χ0v) is 20.7. The molecule has 0 saturated heterocycles. The maximum absolute atomic E-state index is 12.8. The molecule has 10 nitrogen and oxygen atoms in total. The van der Waals surface area contributed by atoms with E-state index < -0.39 is 22.7 Å². The Morgan fingerprint density at radius 2 is 1.56 bits per heavy atom. The summed E-state index contributed by atoms with van der Waals surface area (Å²) in [5.74, 6) is -1.41. The lowest BCUT2D eigenvalue weighted by Crippen LogP contribution is -2.21. The molecular formula is C29H22N4O6. The van der Waals surface area contributed by atoms with Gasteiger partial charge in [-0.15, -0.1) is 0 Å². The molecule has 0 bridgehead atoms. The zero-order valence-electron chi connectivity index (χ0n) is 20.7. The van der Waals surface area contributed by atoms with Crippen LogP contribution in [0.5, 0.6) is 5.75 Å². The Morgan fingerprint density at radius 1 is 0.846 bits per heavy atom. The van der Waals surface area contributed by atoms with E-state index in [1.54, 1.807) is 60.7 Å². The molecule has 4 aromatic rings. The molecule has 10 heteroatoms. The lowest BCUT2D eigenvalue weighted by atomic mass is 10.1. The van der Waals surface area contributed by atoms with Crippen molar-refractivity contribution in [3.63, 3.8) is 0 Å². The molecule has 0 aromatic heterocycles.